The van der Waals surface area contributed by atoms with Crippen molar-refractivity contribution in [1.82, 2.24) is 15.0 Å². The van der Waals surface area contributed by atoms with Gasteiger partial charge < -0.3 is 19.6 Å². The number of aromatic nitrogens is 3. The number of hydrogen-bond donors (Lipinski definition) is 1. The number of benzene rings is 1. The van der Waals surface area contributed by atoms with Gasteiger partial charge in [-0.2, -0.15) is 0 Å². The lowest BCUT2D eigenvalue weighted by molar-refractivity contribution is 0.398. The second kappa shape index (κ2) is 6.36. The molecule has 7 heteroatoms. The number of ether oxygens (including phenoxy) is 2. The molecule has 7 nitrogen and oxygen atoms in total. The van der Waals surface area contributed by atoms with Gasteiger partial charge in [0.25, 0.3) is 0 Å². The Labute approximate surface area is 149 Å². The molecule has 0 aliphatic carbocycles. The van der Waals surface area contributed by atoms with Gasteiger partial charge in [-0.3, -0.25) is 0 Å². The number of methoxy groups -OCH3 is 2. The van der Waals surface area contributed by atoms with E-state index in [9.17, 15) is 0 Å². The number of pyridine rings is 1. The number of fused-ring (bicyclic) bond motifs is 1. The molecule has 0 amide bonds. The van der Waals surface area contributed by atoms with E-state index in [-0.39, 0.29) is 0 Å². The normalized spacial score (nSPS) is 10.8. The average Bonchev–Trinajstić information content (AvgIpc) is 3.09. The molecule has 0 bridgehead atoms. The molecule has 26 heavy (non-hydrogen) atoms. The van der Waals surface area contributed by atoms with Crippen molar-refractivity contribution in [3.8, 4) is 34.1 Å². The molecule has 2 N–H and O–H groups in total. The van der Waals surface area contributed by atoms with E-state index in [2.05, 4.69) is 15.0 Å². The van der Waals surface area contributed by atoms with E-state index >= 15 is 0 Å². The van der Waals surface area contributed by atoms with E-state index in [0.29, 0.717) is 28.6 Å². The van der Waals surface area contributed by atoms with Crippen molar-refractivity contribution in [2.24, 2.45) is 0 Å². The summed E-state index contributed by atoms with van der Waals surface area (Å²) in [7, 11) is 3.20. The van der Waals surface area contributed by atoms with Crippen molar-refractivity contribution in [3.63, 3.8) is 0 Å². The highest BCUT2D eigenvalue weighted by Gasteiger charge is 2.21. The lowest BCUT2D eigenvalue weighted by atomic mass is 10.0. The van der Waals surface area contributed by atoms with Gasteiger partial charge in [-0.1, -0.05) is 0 Å². The number of rotatable bonds is 4. The Bertz CT molecular complexity index is 1060. The Morgan fingerprint density at radius 3 is 2.31 bits per heavy atom. The topological polar surface area (TPSA) is 96.3 Å². The maximum absolute atomic E-state index is 6.11. The molecule has 4 aromatic rings. The van der Waals surface area contributed by atoms with Crippen LogP contribution in [0.2, 0.25) is 0 Å². The predicted molar refractivity (Wildman–Crippen MR) is 98.0 cm³/mol. The lowest BCUT2D eigenvalue weighted by Crippen LogP contribution is -1.93. The highest BCUT2D eigenvalue weighted by atomic mass is 16.5. The Kier molecular flexibility index (Phi) is 3.89. The van der Waals surface area contributed by atoms with Crippen LogP contribution < -0.4 is 15.2 Å². The zero-order valence-electron chi connectivity index (χ0n) is 14.3. The molecule has 0 unspecified atom stereocenters. The molecule has 0 aliphatic rings. The zero-order chi connectivity index (χ0) is 18.1. The molecule has 3 aromatic heterocycles. The largest absolute Gasteiger partial charge is 0.497 e. The number of nitrogens with two attached hydrogens (primary N) is 1. The van der Waals surface area contributed by atoms with Gasteiger partial charge in [0.05, 0.1) is 19.6 Å². The Balaban J connectivity index is 1.98. The fourth-order valence-electron chi connectivity index (χ4n) is 2.83. The van der Waals surface area contributed by atoms with Crippen molar-refractivity contribution in [2.45, 2.75) is 0 Å². The van der Waals surface area contributed by atoms with Crippen LogP contribution in [-0.2, 0) is 0 Å². The monoisotopic (exact) mass is 348 g/mol. The van der Waals surface area contributed by atoms with Crippen molar-refractivity contribution in [3.05, 3.63) is 48.9 Å². The maximum atomic E-state index is 6.11. The Morgan fingerprint density at radius 1 is 0.885 bits per heavy atom. The molecule has 0 spiro atoms. The predicted octanol–water partition coefficient (Wildman–Crippen LogP) is 3.55. The molecule has 130 valence electrons. The summed E-state index contributed by atoms with van der Waals surface area (Å²) in [6.07, 6.45) is 3.09. The minimum absolute atomic E-state index is 0.351. The lowest BCUT2D eigenvalue weighted by Gasteiger charge is -2.06. The third-order valence-electron chi connectivity index (χ3n) is 4.10. The van der Waals surface area contributed by atoms with Crippen molar-refractivity contribution in [1.29, 1.82) is 0 Å². The van der Waals surface area contributed by atoms with Gasteiger partial charge in [-0.15, -0.1) is 0 Å². The van der Waals surface area contributed by atoms with Gasteiger partial charge >= 0.3 is 0 Å². The minimum Gasteiger partial charge on any atom is -0.497 e. The summed E-state index contributed by atoms with van der Waals surface area (Å²) in [5.41, 5.74) is 9.03. The first kappa shape index (κ1) is 15.9. The molecule has 4 rings (SSSR count). The van der Waals surface area contributed by atoms with E-state index in [4.69, 9.17) is 19.6 Å². The molecule has 0 atom stereocenters. The average molecular weight is 348 g/mol. The number of nitrogen functional groups attached to an aromatic ring is 1. The van der Waals surface area contributed by atoms with E-state index < -0.39 is 0 Å². The summed E-state index contributed by atoms with van der Waals surface area (Å²) >= 11 is 0. The number of nitrogens with zero attached hydrogens (tertiary/aromatic N) is 3. The van der Waals surface area contributed by atoms with E-state index in [1.165, 1.54) is 6.33 Å². The standard InChI is InChI=1S/C19H16N4O3/c1-24-13-6-3-11(4-7-13)17-15(12-5-8-14(25-2)21-9-12)16-18(20)22-10-23-19(16)26-17/h3-10H,1-2H3,(H2,20,22,23). The van der Waals surface area contributed by atoms with E-state index in [1.807, 2.05) is 30.3 Å². The fraction of sp³-hybridized carbons (Fsp3) is 0.105. The minimum atomic E-state index is 0.351. The number of hydrogen-bond acceptors (Lipinski definition) is 7. The van der Waals surface area contributed by atoms with E-state index in [0.717, 1.165) is 22.4 Å². The molecule has 0 radical (unpaired) electrons. The molecule has 0 fully saturated rings. The van der Waals surface area contributed by atoms with E-state index in [1.54, 1.807) is 26.5 Å². The van der Waals surface area contributed by atoms with Crippen LogP contribution in [-0.4, -0.2) is 29.2 Å². The first-order chi connectivity index (χ1) is 12.7. The van der Waals surface area contributed by atoms with Gasteiger partial charge in [0.1, 0.15) is 23.7 Å². The summed E-state index contributed by atoms with van der Waals surface area (Å²) in [5, 5.41) is 0.658. The van der Waals surface area contributed by atoms with Crippen LogP contribution in [0, 0.1) is 0 Å². The van der Waals surface area contributed by atoms with Crippen molar-refractivity contribution >= 4 is 16.9 Å². The highest BCUT2D eigenvalue weighted by molar-refractivity contribution is 6.05. The Morgan fingerprint density at radius 2 is 1.65 bits per heavy atom. The quantitative estimate of drug-likeness (QED) is 0.602. The third-order valence-corrected chi connectivity index (χ3v) is 4.10. The first-order valence-electron chi connectivity index (χ1n) is 7.89. The molecule has 0 aliphatic heterocycles. The van der Waals surface area contributed by atoms with Crippen LogP contribution in [0.3, 0.4) is 0 Å². The first-order valence-corrected chi connectivity index (χ1v) is 7.89. The Hall–Kier alpha value is -3.61. The van der Waals surface area contributed by atoms with Gasteiger partial charge in [0, 0.05) is 29.0 Å². The molecule has 0 saturated heterocycles. The van der Waals surface area contributed by atoms with Crippen molar-refractivity contribution < 1.29 is 13.9 Å². The molecule has 0 saturated carbocycles. The molecule has 3 heterocycles. The number of furan rings is 1. The van der Waals surface area contributed by atoms with Gasteiger partial charge in [0.15, 0.2) is 0 Å². The summed E-state index contributed by atoms with van der Waals surface area (Å²) < 4.78 is 16.4. The van der Waals surface area contributed by atoms with Gasteiger partial charge in [-0.05, 0) is 30.3 Å². The second-order valence-electron chi connectivity index (χ2n) is 5.56. The van der Waals surface area contributed by atoms with Crippen LogP contribution in [0.25, 0.3) is 33.6 Å². The van der Waals surface area contributed by atoms with Crippen LogP contribution in [0.5, 0.6) is 11.6 Å². The van der Waals surface area contributed by atoms with Crippen LogP contribution in [0.15, 0.2) is 53.3 Å². The smallest absolute Gasteiger partial charge is 0.232 e. The summed E-state index contributed by atoms with van der Waals surface area (Å²) in [5.74, 6) is 2.28. The van der Waals surface area contributed by atoms with Crippen LogP contribution in [0.1, 0.15) is 0 Å². The summed E-state index contributed by atoms with van der Waals surface area (Å²) in [6, 6.07) is 11.3. The maximum Gasteiger partial charge on any atom is 0.232 e. The van der Waals surface area contributed by atoms with Gasteiger partial charge in [-0.25, -0.2) is 15.0 Å². The highest BCUT2D eigenvalue weighted by Crippen LogP contribution is 2.42. The van der Waals surface area contributed by atoms with Crippen molar-refractivity contribution in [2.75, 3.05) is 20.0 Å². The van der Waals surface area contributed by atoms with Crippen LogP contribution >= 0.6 is 0 Å². The summed E-state index contributed by atoms with van der Waals surface area (Å²) in [6.45, 7) is 0. The summed E-state index contributed by atoms with van der Waals surface area (Å²) in [4.78, 5) is 12.6. The second-order valence-corrected chi connectivity index (χ2v) is 5.56. The molecular weight excluding hydrogens is 332 g/mol. The van der Waals surface area contributed by atoms with Crippen LogP contribution in [0.4, 0.5) is 5.82 Å². The zero-order valence-corrected chi connectivity index (χ0v) is 14.3. The number of anilines is 1. The SMILES string of the molecule is COc1ccc(-c2oc3ncnc(N)c3c2-c2ccc(OC)nc2)cc1. The fourth-order valence-corrected chi connectivity index (χ4v) is 2.83. The molecule has 1 aromatic carbocycles. The molecular formula is C19H16N4O3. The van der Waals surface area contributed by atoms with Gasteiger partial charge in [0.2, 0.25) is 11.6 Å². The third kappa shape index (κ3) is 2.59.